The SMILES string of the molecule is C#C[C@@]1(O)CC[C@@H]2[C@@H]3CCc4cc(OC)ccc4[C@@H]3CC[C@@]21C. The van der Waals surface area contributed by atoms with Crippen molar-refractivity contribution in [1.82, 2.24) is 0 Å². The number of aryl methyl sites for hydroxylation is 1. The van der Waals surface area contributed by atoms with Crippen molar-refractivity contribution >= 4 is 0 Å². The lowest BCUT2D eigenvalue weighted by molar-refractivity contribution is -0.0646. The third-order valence-electron chi connectivity index (χ3n) is 7.32. The molecule has 0 aromatic heterocycles. The number of hydrogen-bond donors (Lipinski definition) is 1. The average Bonchev–Trinajstić information content (AvgIpc) is 2.86. The first-order valence-electron chi connectivity index (χ1n) is 8.89. The van der Waals surface area contributed by atoms with Gasteiger partial charge in [-0.1, -0.05) is 18.9 Å². The quantitative estimate of drug-likeness (QED) is 0.797. The van der Waals surface area contributed by atoms with Gasteiger partial charge in [-0.05, 0) is 79.5 Å². The highest BCUT2D eigenvalue weighted by molar-refractivity contribution is 5.41. The summed E-state index contributed by atoms with van der Waals surface area (Å²) in [6.45, 7) is 2.24. The lowest BCUT2D eigenvalue weighted by Gasteiger charge is -2.52. The number of terminal acetylenes is 1. The third kappa shape index (κ3) is 1.93. The van der Waals surface area contributed by atoms with E-state index in [0.717, 1.165) is 37.9 Å². The van der Waals surface area contributed by atoms with Crippen molar-refractivity contribution in [2.45, 2.75) is 57.0 Å². The maximum absolute atomic E-state index is 11.0. The van der Waals surface area contributed by atoms with Crippen LogP contribution in [-0.2, 0) is 6.42 Å². The smallest absolute Gasteiger partial charge is 0.130 e. The van der Waals surface area contributed by atoms with Gasteiger partial charge in [0.15, 0.2) is 0 Å². The highest BCUT2D eigenvalue weighted by atomic mass is 16.5. The highest BCUT2D eigenvalue weighted by Gasteiger charge is 2.61. The van der Waals surface area contributed by atoms with Crippen LogP contribution >= 0.6 is 0 Å². The second-order valence-electron chi connectivity index (χ2n) is 7.98. The molecule has 1 aromatic rings. The Morgan fingerprint density at radius 1 is 1.26 bits per heavy atom. The molecular weight excluding hydrogens is 284 g/mol. The van der Waals surface area contributed by atoms with E-state index in [1.807, 2.05) is 0 Å². The van der Waals surface area contributed by atoms with Gasteiger partial charge in [-0.2, -0.15) is 0 Å². The molecular formula is C21H26O2. The van der Waals surface area contributed by atoms with Crippen LogP contribution in [0.1, 0.15) is 56.1 Å². The van der Waals surface area contributed by atoms with E-state index in [4.69, 9.17) is 11.2 Å². The first-order chi connectivity index (χ1) is 11.0. The molecule has 0 amide bonds. The zero-order valence-electron chi connectivity index (χ0n) is 14.1. The van der Waals surface area contributed by atoms with Gasteiger partial charge in [0.2, 0.25) is 0 Å². The summed E-state index contributed by atoms with van der Waals surface area (Å²) in [5, 5.41) is 11.0. The molecule has 1 N–H and O–H groups in total. The van der Waals surface area contributed by atoms with Crippen LogP contribution in [0.15, 0.2) is 18.2 Å². The van der Waals surface area contributed by atoms with Gasteiger partial charge in [0, 0.05) is 5.41 Å². The Labute approximate surface area is 139 Å². The molecule has 3 aliphatic rings. The number of rotatable bonds is 1. The normalized spacial score (nSPS) is 41.4. The minimum absolute atomic E-state index is 0.104. The van der Waals surface area contributed by atoms with Crippen molar-refractivity contribution < 1.29 is 9.84 Å². The minimum Gasteiger partial charge on any atom is -0.497 e. The Morgan fingerprint density at radius 3 is 2.83 bits per heavy atom. The highest BCUT2D eigenvalue weighted by Crippen LogP contribution is 2.64. The van der Waals surface area contributed by atoms with Crippen molar-refractivity contribution in [3.8, 4) is 18.1 Å². The molecule has 0 unspecified atom stereocenters. The van der Waals surface area contributed by atoms with Gasteiger partial charge < -0.3 is 9.84 Å². The standard InChI is InChI=1S/C21H26O2/c1-4-21(22)12-10-19-18-7-5-14-13-15(23-3)6-8-16(14)17(18)9-11-20(19,21)2/h1,6,8,13,17-19,22H,5,7,9-12H2,2-3H3/t17-,18+,19+,20-,21+/m0/s1. The second kappa shape index (κ2) is 5.02. The second-order valence-corrected chi connectivity index (χ2v) is 7.98. The van der Waals surface area contributed by atoms with Gasteiger partial charge >= 0.3 is 0 Å². The molecule has 1 aromatic carbocycles. The van der Waals surface area contributed by atoms with Crippen molar-refractivity contribution in [1.29, 1.82) is 0 Å². The summed E-state index contributed by atoms with van der Waals surface area (Å²) in [7, 11) is 1.73. The number of aliphatic hydroxyl groups is 1. The Bertz CT molecular complexity index is 673. The fourth-order valence-corrected chi connectivity index (χ4v) is 5.94. The van der Waals surface area contributed by atoms with Crippen molar-refractivity contribution in [3.63, 3.8) is 0 Å². The first kappa shape index (κ1) is 15.1. The number of benzene rings is 1. The molecule has 0 aliphatic heterocycles. The number of ether oxygens (including phenoxy) is 1. The van der Waals surface area contributed by atoms with Crippen molar-refractivity contribution in [2.24, 2.45) is 17.3 Å². The molecule has 2 saturated carbocycles. The van der Waals surface area contributed by atoms with Gasteiger partial charge in [-0.3, -0.25) is 0 Å². The molecule has 0 saturated heterocycles. The van der Waals surface area contributed by atoms with E-state index >= 15 is 0 Å². The van der Waals surface area contributed by atoms with Crippen LogP contribution < -0.4 is 4.74 Å². The molecule has 0 bridgehead atoms. The van der Waals surface area contributed by atoms with E-state index in [9.17, 15) is 5.11 Å². The van der Waals surface area contributed by atoms with Crippen LogP contribution in [0.5, 0.6) is 5.75 Å². The summed E-state index contributed by atoms with van der Waals surface area (Å²) in [5.41, 5.74) is 1.97. The minimum atomic E-state index is -0.900. The van der Waals surface area contributed by atoms with Gasteiger partial charge in [0.1, 0.15) is 11.4 Å². The Kier molecular flexibility index (Phi) is 3.29. The predicted molar refractivity (Wildman–Crippen MR) is 91.4 cm³/mol. The maximum Gasteiger partial charge on any atom is 0.130 e. The topological polar surface area (TPSA) is 29.5 Å². The van der Waals surface area contributed by atoms with Crippen molar-refractivity contribution in [3.05, 3.63) is 29.3 Å². The number of fused-ring (bicyclic) bond motifs is 5. The summed E-state index contributed by atoms with van der Waals surface area (Å²) in [5.74, 6) is 5.56. The molecule has 4 rings (SSSR count). The van der Waals surface area contributed by atoms with E-state index < -0.39 is 5.60 Å². The summed E-state index contributed by atoms with van der Waals surface area (Å²) >= 11 is 0. The fraction of sp³-hybridized carbons (Fsp3) is 0.619. The van der Waals surface area contributed by atoms with Gasteiger partial charge in [0.25, 0.3) is 0 Å². The van der Waals surface area contributed by atoms with E-state index in [-0.39, 0.29) is 5.41 Å². The van der Waals surface area contributed by atoms with Crippen LogP contribution in [0.3, 0.4) is 0 Å². The van der Waals surface area contributed by atoms with Crippen molar-refractivity contribution in [2.75, 3.05) is 7.11 Å². The first-order valence-corrected chi connectivity index (χ1v) is 8.89. The Balaban J connectivity index is 1.70. The molecule has 5 atom stereocenters. The van der Waals surface area contributed by atoms with Crippen LogP contribution in [0, 0.1) is 29.6 Å². The lowest BCUT2D eigenvalue weighted by atomic mass is 9.53. The van der Waals surface area contributed by atoms with Crippen LogP contribution in [0.2, 0.25) is 0 Å². The number of methoxy groups -OCH3 is 1. The maximum atomic E-state index is 11.0. The summed E-state index contributed by atoms with van der Waals surface area (Å²) in [6, 6.07) is 6.59. The zero-order valence-corrected chi connectivity index (χ0v) is 14.1. The Morgan fingerprint density at radius 2 is 2.09 bits per heavy atom. The molecule has 23 heavy (non-hydrogen) atoms. The van der Waals surface area contributed by atoms with Crippen LogP contribution in [-0.4, -0.2) is 17.8 Å². The summed E-state index contributed by atoms with van der Waals surface area (Å²) in [4.78, 5) is 0. The summed E-state index contributed by atoms with van der Waals surface area (Å²) in [6.07, 6.45) is 12.1. The van der Waals surface area contributed by atoms with E-state index in [0.29, 0.717) is 17.8 Å². The van der Waals surface area contributed by atoms with Gasteiger partial charge in [0.05, 0.1) is 7.11 Å². The van der Waals surface area contributed by atoms with Crippen LogP contribution in [0.4, 0.5) is 0 Å². The average molecular weight is 310 g/mol. The molecule has 0 radical (unpaired) electrons. The Hall–Kier alpha value is -1.46. The summed E-state index contributed by atoms with van der Waals surface area (Å²) < 4.78 is 5.39. The van der Waals surface area contributed by atoms with E-state index in [1.165, 1.54) is 17.5 Å². The largest absolute Gasteiger partial charge is 0.497 e. The fourth-order valence-electron chi connectivity index (χ4n) is 5.94. The lowest BCUT2D eigenvalue weighted by Crippen LogP contribution is -2.50. The predicted octanol–water partition coefficient (Wildman–Crippen LogP) is 3.92. The third-order valence-corrected chi connectivity index (χ3v) is 7.32. The molecule has 122 valence electrons. The number of hydrogen-bond acceptors (Lipinski definition) is 2. The molecule has 2 heteroatoms. The molecule has 2 fully saturated rings. The molecule has 0 heterocycles. The van der Waals surface area contributed by atoms with E-state index in [2.05, 4.69) is 31.0 Å². The molecule has 0 spiro atoms. The van der Waals surface area contributed by atoms with Gasteiger partial charge in [-0.25, -0.2) is 0 Å². The van der Waals surface area contributed by atoms with Gasteiger partial charge in [-0.15, -0.1) is 6.42 Å². The molecule has 3 aliphatic carbocycles. The monoisotopic (exact) mass is 310 g/mol. The van der Waals surface area contributed by atoms with Crippen LogP contribution in [0.25, 0.3) is 0 Å². The van der Waals surface area contributed by atoms with E-state index in [1.54, 1.807) is 7.11 Å². The zero-order chi connectivity index (χ0) is 16.2. The molecule has 2 nitrogen and oxygen atoms in total.